The van der Waals surface area contributed by atoms with Crippen LogP contribution in [0.1, 0.15) is 40.4 Å². The molecule has 3 N–H and O–H groups in total. The Balaban J connectivity index is 1.74. The lowest BCUT2D eigenvalue weighted by Crippen LogP contribution is -2.69. The summed E-state index contributed by atoms with van der Waals surface area (Å²) in [5.74, 6) is -3.31. The number of amides is 5. The van der Waals surface area contributed by atoms with Gasteiger partial charge in [0.2, 0.25) is 5.91 Å². The first-order valence-electron chi connectivity index (χ1n) is 16.7. The van der Waals surface area contributed by atoms with E-state index in [1.807, 2.05) is 60.7 Å². The Morgan fingerprint density at radius 2 is 1.38 bits per heavy atom. The van der Waals surface area contributed by atoms with E-state index >= 15 is 4.79 Å². The summed E-state index contributed by atoms with van der Waals surface area (Å²) in [7, 11) is 0. The van der Waals surface area contributed by atoms with Gasteiger partial charge in [-0.15, -0.1) is 4.59 Å². The number of aliphatic carboxylic acids is 1. The molecule has 12 heteroatoms. The standard InChI is InChI=1S/C40H39N5O7/c1-30(47)44(35(28-46)24-36(48)49)45(27-33-18-10-4-11-19-33)23-22-40(25-31-14-6-2-7-15-31,38(51)41-26-32-16-8-3-9-17-32)29-43(39(45)52)42-37(50)34-20-12-5-13-21-34/h2-23,28,35H,24-27,29H2,1H3,(H2-,41,42,48,49,50,51)/p+1/t35-,40?,45?/m0/s1. The average molecular weight is 703 g/mol. The lowest BCUT2D eigenvalue weighted by molar-refractivity contribution is -0.926. The zero-order valence-corrected chi connectivity index (χ0v) is 28.6. The van der Waals surface area contributed by atoms with Gasteiger partial charge in [0, 0.05) is 24.6 Å². The molecular formula is C40H40N5O7+. The van der Waals surface area contributed by atoms with E-state index in [1.54, 1.807) is 60.7 Å². The van der Waals surface area contributed by atoms with Gasteiger partial charge in [-0.25, -0.2) is 4.79 Å². The number of hydrazine groups is 1. The van der Waals surface area contributed by atoms with Crippen molar-refractivity contribution in [1.29, 1.82) is 0 Å². The number of carbonyl (C=O) groups excluding carboxylic acids is 5. The van der Waals surface area contributed by atoms with Crippen LogP contribution in [0.3, 0.4) is 0 Å². The Hall–Kier alpha value is -6.40. The van der Waals surface area contributed by atoms with E-state index in [1.165, 1.54) is 12.3 Å². The van der Waals surface area contributed by atoms with Crippen LogP contribution in [0.15, 0.2) is 134 Å². The molecule has 0 bridgehead atoms. The number of nitrogens with zero attached hydrogens (tertiary/aromatic N) is 3. The molecule has 266 valence electrons. The van der Waals surface area contributed by atoms with E-state index in [2.05, 4.69) is 10.7 Å². The van der Waals surface area contributed by atoms with E-state index in [-0.39, 0.29) is 31.6 Å². The van der Waals surface area contributed by atoms with Gasteiger partial charge in [-0.05, 0) is 35.8 Å². The largest absolute Gasteiger partial charge is 0.481 e. The minimum absolute atomic E-state index is 0.0631. The first-order valence-corrected chi connectivity index (χ1v) is 16.7. The summed E-state index contributed by atoms with van der Waals surface area (Å²) >= 11 is 0. The first-order chi connectivity index (χ1) is 25.1. The third kappa shape index (κ3) is 8.48. The van der Waals surface area contributed by atoms with Crippen molar-refractivity contribution in [2.24, 2.45) is 5.41 Å². The highest BCUT2D eigenvalue weighted by Gasteiger charge is 2.56. The third-order valence-corrected chi connectivity index (χ3v) is 8.85. The van der Waals surface area contributed by atoms with Gasteiger partial charge in [0.1, 0.15) is 25.1 Å². The van der Waals surface area contributed by atoms with Crippen molar-refractivity contribution in [2.75, 3.05) is 6.54 Å². The van der Waals surface area contributed by atoms with Crippen molar-refractivity contribution >= 4 is 36.0 Å². The van der Waals surface area contributed by atoms with Gasteiger partial charge in [-0.2, -0.15) is 10.0 Å². The Morgan fingerprint density at radius 3 is 1.92 bits per heavy atom. The number of nitrogens with one attached hydrogen (secondary N) is 2. The van der Waals surface area contributed by atoms with E-state index in [4.69, 9.17) is 0 Å². The molecule has 0 saturated carbocycles. The monoisotopic (exact) mass is 702 g/mol. The predicted octanol–water partition coefficient (Wildman–Crippen LogP) is 4.65. The highest BCUT2D eigenvalue weighted by Crippen LogP contribution is 2.36. The Morgan fingerprint density at radius 1 is 0.846 bits per heavy atom. The number of urea groups is 1. The molecule has 0 aliphatic carbocycles. The summed E-state index contributed by atoms with van der Waals surface area (Å²) in [5, 5.41) is 14.7. The number of carbonyl (C=O) groups is 6. The molecule has 12 nitrogen and oxygen atoms in total. The fourth-order valence-electron chi connectivity index (χ4n) is 6.41. The lowest BCUT2D eigenvalue weighted by Gasteiger charge is -2.43. The Bertz CT molecular complexity index is 1930. The molecule has 1 aliphatic heterocycles. The van der Waals surface area contributed by atoms with Gasteiger partial charge in [0.15, 0.2) is 0 Å². The van der Waals surface area contributed by atoms with Crippen molar-refractivity contribution in [2.45, 2.75) is 38.9 Å². The summed E-state index contributed by atoms with van der Waals surface area (Å²) in [6, 6.07) is 32.7. The van der Waals surface area contributed by atoms with E-state index in [0.29, 0.717) is 11.8 Å². The molecule has 5 amide bonds. The minimum atomic E-state index is -1.60. The van der Waals surface area contributed by atoms with Crippen LogP contribution >= 0.6 is 0 Å². The zero-order chi connectivity index (χ0) is 37.1. The number of benzene rings is 4. The van der Waals surface area contributed by atoms with Gasteiger partial charge >= 0.3 is 12.0 Å². The predicted molar refractivity (Wildman–Crippen MR) is 191 cm³/mol. The van der Waals surface area contributed by atoms with E-state index in [0.717, 1.165) is 28.1 Å². The van der Waals surface area contributed by atoms with Crippen molar-refractivity contribution in [3.05, 3.63) is 156 Å². The molecule has 52 heavy (non-hydrogen) atoms. The number of hydrogen-bond donors (Lipinski definition) is 3. The summed E-state index contributed by atoms with van der Waals surface area (Å²) in [4.78, 5) is 82.0. The maximum atomic E-state index is 15.3. The SMILES string of the molecule is CC(=O)N([C@H](C=O)CC(=O)O)[N+]1(Cc2ccccc2)C=CC(Cc2ccccc2)(C(=O)NCc2ccccc2)CN(NC(=O)c2ccccc2)C1=O. The van der Waals surface area contributed by atoms with Gasteiger partial charge in [-0.3, -0.25) is 24.6 Å². The van der Waals surface area contributed by atoms with Crippen LogP contribution in [0, 0.1) is 5.41 Å². The molecule has 3 atom stereocenters. The normalized spacial score (nSPS) is 18.8. The topological polar surface area (TPSA) is 153 Å². The quantitative estimate of drug-likeness (QED) is 0.128. The van der Waals surface area contributed by atoms with E-state index < -0.39 is 52.2 Å². The second-order valence-corrected chi connectivity index (χ2v) is 12.6. The molecule has 1 aliphatic rings. The van der Waals surface area contributed by atoms with Crippen molar-refractivity contribution in [3.8, 4) is 0 Å². The van der Waals surface area contributed by atoms with Crippen molar-refractivity contribution in [1.82, 2.24) is 20.8 Å². The molecule has 2 unspecified atom stereocenters. The smallest absolute Gasteiger partial charge is 0.467 e. The Kier molecular flexibility index (Phi) is 11.7. The molecular weight excluding hydrogens is 662 g/mol. The number of hydrogen-bond acceptors (Lipinski definition) is 6. The van der Waals surface area contributed by atoms with Crippen LogP contribution in [0.4, 0.5) is 4.79 Å². The van der Waals surface area contributed by atoms with Gasteiger partial charge in [-0.1, -0.05) is 109 Å². The fraction of sp³-hybridized carbons (Fsp3) is 0.200. The van der Waals surface area contributed by atoms with Crippen LogP contribution in [0.5, 0.6) is 0 Å². The van der Waals surface area contributed by atoms with Gasteiger partial charge in [0.25, 0.3) is 11.8 Å². The van der Waals surface area contributed by atoms with Crippen LogP contribution in [-0.2, 0) is 38.7 Å². The number of quaternary nitrogens is 1. The number of rotatable bonds is 14. The van der Waals surface area contributed by atoms with Crippen molar-refractivity contribution < 1.29 is 38.5 Å². The minimum Gasteiger partial charge on any atom is -0.481 e. The van der Waals surface area contributed by atoms with Crippen LogP contribution in [-0.4, -0.2) is 68.3 Å². The summed E-state index contributed by atoms with van der Waals surface area (Å²) in [6.07, 6.45) is 2.47. The molecule has 0 spiro atoms. The van der Waals surface area contributed by atoms with Gasteiger partial charge in [0.05, 0.1) is 18.4 Å². The summed E-state index contributed by atoms with van der Waals surface area (Å²) in [5.41, 5.74) is 3.47. The fourth-order valence-corrected chi connectivity index (χ4v) is 6.41. The maximum absolute atomic E-state index is 15.3. The number of aldehydes is 1. The Labute approximate surface area is 301 Å². The van der Waals surface area contributed by atoms with Crippen LogP contribution in [0.2, 0.25) is 0 Å². The molecule has 0 saturated heterocycles. The number of carboxylic acids is 1. The molecule has 1 heterocycles. The summed E-state index contributed by atoms with van der Waals surface area (Å²) < 4.78 is -1.08. The second-order valence-electron chi connectivity index (χ2n) is 12.6. The highest BCUT2D eigenvalue weighted by molar-refractivity contribution is 5.95. The van der Waals surface area contributed by atoms with E-state index in [9.17, 15) is 29.1 Å². The van der Waals surface area contributed by atoms with Crippen LogP contribution in [0.25, 0.3) is 0 Å². The third-order valence-electron chi connectivity index (χ3n) is 8.85. The molecule has 4 aromatic rings. The van der Waals surface area contributed by atoms with Crippen LogP contribution < -0.4 is 10.7 Å². The summed E-state index contributed by atoms with van der Waals surface area (Å²) in [6.45, 7) is 0.627. The molecule has 0 radical (unpaired) electrons. The number of carboxylic acid groups (broad SMARTS) is 1. The lowest BCUT2D eigenvalue weighted by atomic mass is 9.80. The van der Waals surface area contributed by atoms with Gasteiger partial charge < -0.3 is 15.2 Å². The molecule has 5 rings (SSSR count). The molecule has 4 aromatic carbocycles. The second kappa shape index (κ2) is 16.5. The zero-order valence-electron chi connectivity index (χ0n) is 28.6. The van der Waals surface area contributed by atoms with Crippen molar-refractivity contribution in [3.63, 3.8) is 0 Å². The molecule has 0 aromatic heterocycles. The first kappa shape index (κ1) is 36.9. The average Bonchev–Trinajstić information content (AvgIpc) is 3.26. The highest BCUT2D eigenvalue weighted by atomic mass is 16.4. The molecule has 0 fully saturated rings. The maximum Gasteiger partial charge on any atom is 0.467 e.